The first-order chi connectivity index (χ1) is 6.02. The van der Waals surface area contributed by atoms with Gasteiger partial charge in [0.2, 0.25) is 5.82 Å². The van der Waals surface area contributed by atoms with E-state index in [2.05, 4.69) is 9.97 Å². The predicted octanol–water partition coefficient (Wildman–Crippen LogP) is 0.838. The normalized spacial score (nSPS) is 10.5. The molecule has 0 atom stereocenters. The van der Waals surface area contributed by atoms with Gasteiger partial charge in [-0.05, 0) is 5.92 Å². The summed E-state index contributed by atoms with van der Waals surface area (Å²) in [5.74, 6) is -1.51. The lowest BCUT2D eigenvalue weighted by Gasteiger charge is -2.05. The molecular formula is C8H10FN3O. The van der Waals surface area contributed by atoms with E-state index in [1.54, 1.807) is 13.8 Å². The molecule has 0 aliphatic carbocycles. The fraction of sp³-hybridized carbons (Fsp3) is 0.375. The number of aromatic nitrogens is 2. The van der Waals surface area contributed by atoms with Crippen molar-refractivity contribution in [3.05, 3.63) is 23.5 Å². The van der Waals surface area contributed by atoms with Crippen LogP contribution in [0.25, 0.3) is 0 Å². The van der Waals surface area contributed by atoms with Crippen molar-refractivity contribution in [2.45, 2.75) is 19.8 Å². The molecule has 2 N–H and O–H groups in total. The zero-order chi connectivity index (χ0) is 10.0. The standard InChI is InChI=1S/C8H10FN3O/c1-4(2)6-5(9)3-11-8(12-6)7(10)13/h3-4H,1-2H3,(H2,10,13). The minimum absolute atomic E-state index is 0.0962. The monoisotopic (exact) mass is 183 g/mol. The van der Waals surface area contributed by atoms with Crippen molar-refractivity contribution >= 4 is 5.91 Å². The van der Waals surface area contributed by atoms with Crippen LogP contribution in [-0.2, 0) is 0 Å². The van der Waals surface area contributed by atoms with E-state index in [0.717, 1.165) is 6.20 Å². The fourth-order valence-corrected chi connectivity index (χ4v) is 0.904. The Hall–Kier alpha value is -1.52. The lowest BCUT2D eigenvalue weighted by molar-refractivity contribution is 0.0990. The number of rotatable bonds is 2. The molecule has 1 aromatic rings. The van der Waals surface area contributed by atoms with Crippen LogP contribution in [0.5, 0.6) is 0 Å². The minimum Gasteiger partial charge on any atom is -0.363 e. The summed E-state index contributed by atoms with van der Waals surface area (Å²) < 4.78 is 13.0. The van der Waals surface area contributed by atoms with Crippen molar-refractivity contribution in [1.29, 1.82) is 0 Å². The third-order valence-electron chi connectivity index (χ3n) is 1.54. The first-order valence-electron chi connectivity index (χ1n) is 3.84. The maximum Gasteiger partial charge on any atom is 0.286 e. The summed E-state index contributed by atoms with van der Waals surface area (Å²) >= 11 is 0. The second kappa shape index (κ2) is 3.47. The molecule has 0 aromatic carbocycles. The van der Waals surface area contributed by atoms with Gasteiger partial charge in [0.25, 0.3) is 5.91 Å². The molecule has 13 heavy (non-hydrogen) atoms. The predicted molar refractivity (Wildman–Crippen MR) is 44.6 cm³/mol. The van der Waals surface area contributed by atoms with Crippen molar-refractivity contribution in [2.75, 3.05) is 0 Å². The fourth-order valence-electron chi connectivity index (χ4n) is 0.904. The molecule has 70 valence electrons. The number of nitrogens with two attached hydrogens (primary N) is 1. The Bertz CT molecular complexity index is 338. The molecule has 1 rings (SSSR count). The van der Waals surface area contributed by atoms with Crippen LogP contribution in [0.4, 0.5) is 4.39 Å². The zero-order valence-electron chi connectivity index (χ0n) is 7.41. The molecule has 1 heterocycles. The van der Waals surface area contributed by atoms with Gasteiger partial charge in [-0.25, -0.2) is 14.4 Å². The molecule has 0 saturated heterocycles. The SMILES string of the molecule is CC(C)c1nc(C(N)=O)ncc1F. The zero-order valence-corrected chi connectivity index (χ0v) is 7.41. The van der Waals surface area contributed by atoms with Crippen LogP contribution in [0.3, 0.4) is 0 Å². The van der Waals surface area contributed by atoms with Gasteiger partial charge in [-0.2, -0.15) is 0 Å². The Morgan fingerprint density at radius 2 is 2.23 bits per heavy atom. The Morgan fingerprint density at radius 3 is 2.69 bits per heavy atom. The number of primary amides is 1. The lowest BCUT2D eigenvalue weighted by Crippen LogP contribution is -2.17. The van der Waals surface area contributed by atoms with Crippen LogP contribution < -0.4 is 5.73 Å². The van der Waals surface area contributed by atoms with Gasteiger partial charge in [-0.3, -0.25) is 4.79 Å². The average molecular weight is 183 g/mol. The molecule has 0 fully saturated rings. The van der Waals surface area contributed by atoms with Crippen molar-refractivity contribution in [2.24, 2.45) is 5.73 Å². The summed E-state index contributed by atoms with van der Waals surface area (Å²) in [4.78, 5) is 17.8. The number of hydrogen-bond acceptors (Lipinski definition) is 3. The summed E-state index contributed by atoms with van der Waals surface area (Å²) in [6.45, 7) is 3.55. The van der Waals surface area contributed by atoms with Gasteiger partial charge < -0.3 is 5.73 Å². The van der Waals surface area contributed by atoms with Crippen molar-refractivity contribution in [1.82, 2.24) is 9.97 Å². The highest BCUT2D eigenvalue weighted by Gasteiger charge is 2.12. The molecule has 0 saturated carbocycles. The molecule has 0 aliphatic rings. The quantitative estimate of drug-likeness (QED) is 0.738. The maximum absolute atomic E-state index is 13.0. The second-order valence-electron chi connectivity index (χ2n) is 2.95. The third-order valence-corrected chi connectivity index (χ3v) is 1.54. The number of hydrogen-bond donors (Lipinski definition) is 1. The van der Waals surface area contributed by atoms with E-state index in [1.807, 2.05) is 0 Å². The topological polar surface area (TPSA) is 68.9 Å². The molecule has 4 nitrogen and oxygen atoms in total. The van der Waals surface area contributed by atoms with Crippen molar-refractivity contribution in [3.8, 4) is 0 Å². The van der Waals surface area contributed by atoms with Gasteiger partial charge in [0, 0.05) is 0 Å². The Balaban J connectivity index is 3.19. The van der Waals surface area contributed by atoms with Crippen LogP contribution in [0, 0.1) is 5.82 Å². The third kappa shape index (κ3) is 1.99. The molecule has 5 heteroatoms. The van der Waals surface area contributed by atoms with Crippen molar-refractivity contribution in [3.63, 3.8) is 0 Å². The van der Waals surface area contributed by atoms with E-state index in [-0.39, 0.29) is 17.4 Å². The maximum atomic E-state index is 13.0. The number of amides is 1. The van der Waals surface area contributed by atoms with Crippen LogP contribution >= 0.6 is 0 Å². The summed E-state index contributed by atoms with van der Waals surface area (Å²) in [6, 6.07) is 0. The summed E-state index contributed by atoms with van der Waals surface area (Å²) in [7, 11) is 0. The van der Waals surface area contributed by atoms with Crippen molar-refractivity contribution < 1.29 is 9.18 Å². The first kappa shape index (κ1) is 9.57. The smallest absolute Gasteiger partial charge is 0.286 e. The highest BCUT2D eigenvalue weighted by Crippen LogP contribution is 2.14. The number of carbonyl (C=O) groups is 1. The van der Waals surface area contributed by atoms with E-state index >= 15 is 0 Å². The molecule has 0 bridgehead atoms. The van der Waals surface area contributed by atoms with Gasteiger partial charge in [0.15, 0.2) is 5.82 Å². The summed E-state index contributed by atoms with van der Waals surface area (Å²) in [5.41, 5.74) is 5.16. The molecule has 0 aliphatic heterocycles. The second-order valence-corrected chi connectivity index (χ2v) is 2.95. The van der Waals surface area contributed by atoms with Crippen LogP contribution in [0.15, 0.2) is 6.20 Å². The van der Waals surface area contributed by atoms with E-state index in [1.165, 1.54) is 0 Å². The lowest BCUT2D eigenvalue weighted by atomic mass is 10.1. The van der Waals surface area contributed by atoms with Gasteiger partial charge >= 0.3 is 0 Å². The van der Waals surface area contributed by atoms with Gasteiger partial charge in [0.05, 0.1) is 11.9 Å². The number of carbonyl (C=O) groups excluding carboxylic acids is 1. The highest BCUT2D eigenvalue weighted by atomic mass is 19.1. The van der Waals surface area contributed by atoms with E-state index in [4.69, 9.17) is 5.73 Å². The van der Waals surface area contributed by atoms with E-state index < -0.39 is 11.7 Å². The van der Waals surface area contributed by atoms with Crippen LogP contribution in [0.2, 0.25) is 0 Å². The van der Waals surface area contributed by atoms with E-state index in [0.29, 0.717) is 0 Å². The molecule has 0 spiro atoms. The Labute approximate surface area is 75.0 Å². The van der Waals surface area contributed by atoms with Gasteiger partial charge in [-0.15, -0.1) is 0 Å². The van der Waals surface area contributed by atoms with Crippen LogP contribution in [0.1, 0.15) is 36.1 Å². The Morgan fingerprint density at radius 1 is 1.62 bits per heavy atom. The average Bonchev–Trinajstić information content (AvgIpc) is 2.04. The molecule has 1 amide bonds. The largest absolute Gasteiger partial charge is 0.363 e. The number of halogens is 1. The first-order valence-corrected chi connectivity index (χ1v) is 3.84. The molecular weight excluding hydrogens is 173 g/mol. The highest BCUT2D eigenvalue weighted by molar-refractivity contribution is 5.88. The molecule has 0 unspecified atom stereocenters. The van der Waals surface area contributed by atoms with Crippen LogP contribution in [-0.4, -0.2) is 15.9 Å². The summed E-state index contributed by atoms with van der Waals surface area (Å²) in [6.07, 6.45) is 0.961. The number of nitrogens with zero attached hydrogens (tertiary/aromatic N) is 2. The minimum atomic E-state index is -0.748. The molecule has 0 radical (unpaired) electrons. The molecule has 1 aromatic heterocycles. The summed E-state index contributed by atoms with van der Waals surface area (Å²) in [5, 5.41) is 0. The van der Waals surface area contributed by atoms with E-state index in [9.17, 15) is 9.18 Å². The van der Waals surface area contributed by atoms with Gasteiger partial charge in [-0.1, -0.05) is 13.8 Å². The van der Waals surface area contributed by atoms with Gasteiger partial charge in [0.1, 0.15) is 0 Å². The Kier molecular flexibility index (Phi) is 2.55.